The molecule has 35 heavy (non-hydrogen) atoms. The van der Waals surface area contributed by atoms with Gasteiger partial charge in [-0.1, -0.05) is 48.5 Å². The molecule has 1 aliphatic rings. The van der Waals surface area contributed by atoms with Crippen LogP contribution in [0.3, 0.4) is 0 Å². The van der Waals surface area contributed by atoms with Crippen LogP contribution in [0.15, 0.2) is 48.5 Å². The molecule has 0 aliphatic heterocycles. The molecule has 0 radical (unpaired) electrons. The SMILES string of the molecule is Cc1nc(CNC(=O)C(C)(C)CNC(=O)OCC2c3ccccc3-c3ccccc32)sc1C(=O)O. The number of fused-ring (bicyclic) bond motifs is 3. The van der Waals surface area contributed by atoms with Gasteiger partial charge in [-0.3, -0.25) is 4.79 Å². The number of nitrogens with zero attached hydrogens (tertiary/aromatic N) is 1. The molecular formula is C26H27N3O5S. The maximum Gasteiger partial charge on any atom is 0.407 e. The normalized spacial score (nSPS) is 12.5. The summed E-state index contributed by atoms with van der Waals surface area (Å²) in [5.41, 5.74) is 4.08. The van der Waals surface area contributed by atoms with E-state index in [0.29, 0.717) is 10.7 Å². The molecule has 0 saturated heterocycles. The highest BCUT2D eigenvalue weighted by Gasteiger charge is 2.31. The Bertz CT molecular complexity index is 1240. The Balaban J connectivity index is 1.29. The Hall–Kier alpha value is -3.72. The molecule has 3 N–H and O–H groups in total. The molecule has 0 atom stereocenters. The first-order valence-electron chi connectivity index (χ1n) is 11.2. The van der Waals surface area contributed by atoms with Crippen molar-refractivity contribution in [1.82, 2.24) is 15.6 Å². The number of ether oxygens (including phenoxy) is 1. The average Bonchev–Trinajstić information content (AvgIpc) is 3.37. The van der Waals surface area contributed by atoms with Gasteiger partial charge in [-0.05, 0) is 43.0 Å². The lowest BCUT2D eigenvalue weighted by molar-refractivity contribution is -0.129. The highest BCUT2D eigenvalue weighted by atomic mass is 32.1. The van der Waals surface area contributed by atoms with E-state index >= 15 is 0 Å². The number of aromatic nitrogens is 1. The number of carboxylic acids is 1. The van der Waals surface area contributed by atoms with Crippen LogP contribution in [-0.4, -0.2) is 41.2 Å². The Morgan fingerprint density at radius 3 is 2.20 bits per heavy atom. The van der Waals surface area contributed by atoms with Gasteiger partial charge in [0.2, 0.25) is 5.91 Å². The first kappa shape index (κ1) is 24.4. The summed E-state index contributed by atoms with van der Waals surface area (Å²) in [4.78, 5) is 40.6. The number of benzene rings is 2. The molecule has 0 spiro atoms. The summed E-state index contributed by atoms with van der Waals surface area (Å²) in [7, 11) is 0. The van der Waals surface area contributed by atoms with Crippen LogP contribution in [0.1, 0.15) is 51.3 Å². The number of aryl methyl sites for hydroxylation is 1. The molecule has 0 bridgehead atoms. The average molecular weight is 494 g/mol. The lowest BCUT2D eigenvalue weighted by Crippen LogP contribution is -2.44. The highest BCUT2D eigenvalue weighted by Crippen LogP contribution is 2.44. The van der Waals surface area contributed by atoms with Crippen LogP contribution in [-0.2, 0) is 16.1 Å². The minimum Gasteiger partial charge on any atom is -0.477 e. The zero-order chi connectivity index (χ0) is 25.2. The van der Waals surface area contributed by atoms with Gasteiger partial charge in [0.25, 0.3) is 0 Å². The standard InChI is InChI=1S/C26H27N3O5S/c1-15-22(23(30)31)35-21(29-15)12-27-24(32)26(2,3)14-28-25(33)34-13-20-18-10-6-4-8-16(18)17-9-5-7-11-19(17)20/h4-11,20H,12-14H2,1-3H3,(H,27,32)(H,28,33)(H,30,31). The summed E-state index contributed by atoms with van der Waals surface area (Å²) in [5, 5.41) is 15.1. The predicted molar refractivity (Wildman–Crippen MR) is 133 cm³/mol. The number of hydrogen-bond acceptors (Lipinski definition) is 6. The van der Waals surface area contributed by atoms with E-state index in [4.69, 9.17) is 9.84 Å². The number of carbonyl (C=O) groups is 3. The summed E-state index contributed by atoms with van der Waals surface area (Å²) in [6.45, 7) is 5.43. The number of rotatable bonds is 8. The minimum absolute atomic E-state index is 0.0399. The highest BCUT2D eigenvalue weighted by molar-refractivity contribution is 7.13. The number of carboxylic acid groups (broad SMARTS) is 1. The largest absolute Gasteiger partial charge is 0.477 e. The Morgan fingerprint density at radius 1 is 1.03 bits per heavy atom. The summed E-state index contributed by atoms with van der Waals surface area (Å²) in [5.74, 6) is -1.37. The number of carbonyl (C=O) groups excluding carboxylic acids is 2. The maximum atomic E-state index is 12.7. The van der Waals surface area contributed by atoms with Crippen molar-refractivity contribution in [2.24, 2.45) is 5.41 Å². The van der Waals surface area contributed by atoms with Crippen molar-refractivity contribution in [1.29, 1.82) is 0 Å². The first-order chi connectivity index (χ1) is 16.7. The molecule has 0 saturated carbocycles. The van der Waals surface area contributed by atoms with Crippen molar-refractivity contribution in [3.05, 3.63) is 75.2 Å². The molecule has 1 heterocycles. The summed E-state index contributed by atoms with van der Waals surface area (Å²) < 4.78 is 5.54. The first-order valence-corrected chi connectivity index (χ1v) is 12.1. The van der Waals surface area contributed by atoms with E-state index in [9.17, 15) is 14.4 Å². The third kappa shape index (κ3) is 5.19. The topological polar surface area (TPSA) is 118 Å². The van der Waals surface area contributed by atoms with Crippen LogP contribution in [0, 0.1) is 12.3 Å². The molecule has 8 nitrogen and oxygen atoms in total. The number of nitrogens with one attached hydrogen (secondary N) is 2. The van der Waals surface area contributed by atoms with Gasteiger partial charge in [-0.15, -0.1) is 11.3 Å². The molecular weight excluding hydrogens is 466 g/mol. The van der Waals surface area contributed by atoms with Gasteiger partial charge < -0.3 is 20.5 Å². The molecule has 0 unspecified atom stereocenters. The molecule has 2 amide bonds. The Kier molecular flexibility index (Phi) is 6.88. The second-order valence-corrected chi connectivity index (χ2v) is 10.2. The van der Waals surface area contributed by atoms with Crippen molar-refractivity contribution >= 4 is 29.3 Å². The fourth-order valence-electron chi connectivity index (χ4n) is 4.14. The van der Waals surface area contributed by atoms with Crippen molar-refractivity contribution in [2.75, 3.05) is 13.2 Å². The molecule has 182 valence electrons. The van der Waals surface area contributed by atoms with Gasteiger partial charge in [0.05, 0.1) is 17.7 Å². The quantitative estimate of drug-likeness (QED) is 0.430. The minimum atomic E-state index is -1.04. The Morgan fingerprint density at radius 2 is 1.63 bits per heavy atom. The van der Waals surface area contributed by atoms with E-state index in [1.807, 2.05) is 24.3 Å². The van der Waals surface area contributed by atoms with Crippen molar-refractivity contribution < 1.29 is 24.2 Å². The summed E-state index contributed by atoms with van der Waals surface area (Å²) in [6, 6.07) is 16.2. The van der Waals surface area contributed by atoms with Crippen molar-refractivity contribution in [3.8, 4) is 11.1 Å². The van der Waals surface area contributed by atoms with Crippen LogP contribution in [0.4, 0.5) is 4.79 Å². The third-order valence-electron chi connectivity index (χ3n) is 6.07. The lowest BCUT2D eigenvalue weighted by Gasteiger charge is -2.24. The number of hydrogen-bond donors (Lipinski definition) is 3. The Labute approximate surface area is 207 Å². The molecule has 2 aromatic carbocycles. The van der Waals surface area contributed by atoms with E-state index in [-0.39, 0.29) is 36.4 Å². The molecule has 3 aromatic rings. The second kappa shape index (κ2) is 9.87. The molecule has 4 rings (SSSR count). The van der Waals surface area contributed by atoms with Gasteiger partial charge in [-0.2, -0.15) is 0 Å². The summed E-state index contributed by atoms with van der Waals surface area (Å²) in [6.07, 6.45) is -0.589. The van der Waals surface area contributed by atoms with Gasteiger partial charge in [0, 0.05) is 12.5 Å². The number of thiazole rings is 1. The maximum absolute atomic E-state index is 12.7. The molecule has 0 fully saturated rings. The number of aromatic carboxylic acids is 1. The van der Waals surface area contributed by atoms with Crippen molar-refractivity contribution in [3.63, 3.8) is 0 Å². The zero-order valence-electron chi connectivity index (χ0n) is 19.8. The van der Waals surface area contributed by atoms with Crippen LogP contribution in [0.5, 0.6) is 0 Å². The monoisotopic (exact) mass is 493 g/mol. The lowest BCUT2D eigenvalue weighted by atomic mass is 9.92. The third-order valence-corrected chi connectivity index (χ3v) is 7.21. The number of amides is 2. The molecule has 9 heteroatoms. The van der Waals surface area contributed by atoms with Crippen LogP contribution < -0.4 is 10.6 Å². The van der Waals surface area contributed by atoms with Gasteiger partial charge in [-0.25, -0.2) is 14.6 Å². The smallest absolute Gasteiger partial charge is 0.407 e. The fourth-order valence-corrected chi connectivity index (χ4v) is 4.99. The van der Waals surface area contributed by atoms with Gasteiger partial charge in [0.15, 0.2) is 0 Å². The molecule has 1 aromatic heterocycles. The summed E-state index contributed by atoms with van der Waals surface area (Å²) >= 11 is 1.03. The van der Waals surface area contributed by atoms with Crippen LogP contribution in [0.2, 0.25) is 0 Å². The van der Waals surface area contributed by atoms with E-state index in [2.05, 4.69) is 39.9 Å². The van der Waals surface area contributed by atoms with Gasteiger partial charge >= 0.3 is 12.1 Å². The second-order valence-electron chi connectivity index (χ2n) is 9.07. The predicted octanol–water partition coefficient (Wildman–Crippen LogP) is 4.33. The molecule has 1 aliphatic carbocycles. The van der Waals surface area contributed by atoms with Crippen molar-refractivity contribution in [2.45, 2.75) is 33.2 Å². The van der Waals surface area contributed by atoms with E-state index in [1.165, 1.54) is 0 Å². The number of alkyl carbamates (subject to hydrolysis) is 1. The van der Waals surface area contributed by atoms with E-state index < -0.39 is 17.5 Å². The van der Waals surface area contributed by atoms with Crippen LogP contribution >= 0.6 is 11.3 Å². The van der Waals surface area contributed by atoms with E-state index in [1.54, 1.807) is 20.8 Å². The zero-order valence-corrected chi connectivity index (χ0v) is 20.6. The van der Waals surface area contributed by atoms with Gasteiger partial charge in [0.1, 0.15) is 16.5 Å². The fraction of sp³-hybridized carbons (Fsp3) is 0.308. The van der Waals surface area contributed by atoms with E-state index in [0.717, 1.165) is 33.6 Å². The van der Waals surface area contributed by atoms with Crippen LogP contribution in [0.25, 0.3) is 11.1 Å².